The van der Waals surface area contributed by atoms with E-state index in [1.54, 1.807) is 22.2 Å². The number of aromatic nitrogens is 4. The van der Waals surface area contributed by atoms with Crippen molar-refractivity contribution < 1.29 is 0 Å². The molecule has 2 aromatic rings. The first-order valence-corrected chi connectivity index (χ1v) is 5.50. The van der Waals surface area contributed by atoms with E-state index in [0.717, 1.165) is 10.7 Å². The Bertz CT molecular complexity index is 395. The van der Waals surface area contributed by atoms with Gasteiger partial charge in [0.05, 0.1) is 18.1 Å². The Morgan fingerprint density at radius 1 is 1.64 bits per heavy atom. The van der Waals surface area contributed by atoms with E-state index < -0.39 is 0 Å². The van der Waals surface area contributed by atoms with Crippen LogP contribution in [-0.2, 0) is 6.54 Å². The minimum atomic E-state index is -0.0972. The summed E-state index contributed by atoms with van der Waals surface area (Å²) in [6.07, 6.45) is 3.63. The number of halogens is 1. The van der Waals surface area contributed by atoms with Crippen molar-refractivity contribution in [2.45, 2.75) is 18.8 Å². The average Bonchev–Trinajstić information content (AvgIpc) is 2.75. The lowest BCUT2D eigenvalue weighted by molar-refractivity contribution is 0.646. The Hall–Kier alpha value is -0.940. The normalized spacial score (nSPS) is 13.0. The van der Waals surface area contributed by atoms with Crippen molar-refractivity contribution in [2.75, 3.05) is 0 Å². The molecule has 2 rings (SSSR count). The summed E-state index contributed by atoms with van der Waals surface area (Å²) >= 11 is 7.47. The van der Waals surface area contributed by atoms with Crippen LogP contribution in [0.25, 0.3) is 0 Å². The van der Waals surface area contributed by atoms with Gasteiger partial charge in [-0.25, -0.2) is 9.67 Å². The first kappa shape index (κ1) is 9.61. The SMILES string of the molecule is CC(Cl)c1cn(Cc2nccs2)nn1. The van der Waals surface area contributed by atoms with Crippen molar-refractivity contribution in [1.29, 1.82) is 0 Å². The fourth-order valence-electron chi connectivity index (χ4n) is 1.04. The molecule has 1 atom stereocenters. The second-order valence-electron chi connectivity index (χ2n) is 2.88. The molecule has 2 heterocycles. The predicted octanol–water partition coefficient (Wildman–Crippen LogP) is 2.08. The largest absolute Gasteiger partial charge is 0.248 e. The number of alkyl halides is 1. The van der Waals surface area contributed by atoms with Gasteiger partial charge >= 0.3 is 0 Å². The maximum absolute atomic E-state index is 5.87. The summed E-state index contributed by atoms with van der Waals surface area (Å²) in [5.74, 6) is 0. The van der Waals surface area contributed by atoms with Crippen LogP contribution in [0.15, 0.2) is 17.8 Å². The van der Waals surface area contributed by atoms with Gasteiger partial charge in [-0.15, -0.1) is 28.0 Å². The monoisotopic (exact) mass is 228 g/mol. The second-order valence-corrected chi connectivity index (χ2v) is 4.52. The Morgan fingerprint density at radius 3 is 3.07 bits per heavy atom. The summed E-state index contributed by atoms with van der Waals surface area (Å²) in [7, 11) is 0. The van der Waals surface area contributed by atoms with E-state index >= 15 is 0 Å². The highest BCUT2D eigenvalue weighted by atomic mass is 35.5. The molecular formula is C8H9ClN4S. The third-order valence-electron chi connectivity index (χ3n) is 1.74. The predicted molar refractivity (Wildman–Crippen MR) is 55.5 cm³/mol. The molecule has 0 aromatic carbocycles. The number of hydrogen-bond acceptors (Lipinski definition) is 4. The molecule has 0 aliphatic heterocycles. The first-order valence-electron chi connectivity index (χ1n) is 4.18. The highest BCUT2D eigenvalue weighted by molar-refractivity contribution is 7.09. The van der Waals surface area contributed by atoms with Crippen LogP contribution in [0.1, 0.15) is 23.0 Å². The van der Waals surface area contributed by atoms with Crippen molar-refractivity contribution >= 4 is 22.9 Å². The molecule has 0 fully saturated rings. The molecular weight excluding hydrogens is 220 g/mol. The molecule has 0 aliphatic rings. The zero-order valence-corrected chi connectivity index (χ0v) is 9.16. The molecule has 2 aromatic heterocycles. The van der Waals surface area contributed by atoms with Crippen LogP contribution in [0.2, 0.25) is 0 Å². The van der Waals surface area contributed by atoms with Crippen LogP contribution in [0.4, 0.5) is 0 Å². The fourth-order valence-corrected chi connectivity index (χ4v) is 1.75. The summed E-state index contributed by atoms with van der Waals surface area (Å²) in [5, 5.41) is 10.8. The number of nitrogens with zero attached hydrogens (tertiary/aromatic N) is 4. The van der Waals surface area contributed by atoms with E-state index in [1.807, 2.05) is 18.5 Å². The Balaban J connectivity index is 2.11. The van der Waals surface area contributed by atoms with Crippen molar-refractivity contribution in [2.24, 2.45) is 0 Å². The van der Waals surface area contributed by atoms with Gasteiger partial charge in [0.1, 0.15) is 10.7 Å². The lowest BCUT2D eigenvalue weighted by atomic mass is 10.4. The van der Waals surface area contributed by atoms with Gasteiger partial charge in [0.15, 0.2) is 0 Å². The Kier molecular flexibility index (Phi) is 2.79. The van der Waals surface area contributed by atoms with Crippen LogP contribution < -0.4 is 0 Å². The zero-order valence-electron chi connectivity index (χ0n) is 7.59. The van der Waals surface area contributed by atoms with Crippen LogP contribution in [0.5, 0.6) is 0 Å². The average molecular weight is 229 g/mol. The van der Waals surface area contributed by atoms with Gasteiger partial charge in [-0.05, 0) is 6.92 Å². The lowest BCUT2D eigenvalue weighted by Gasteiger charge is -1.95. The summed E-state index contributed by atoms with van der Waals surface area (Å²) < 4.78 is 1.74. The van der Waals surface area contributed by atoms with Gasteiger partial charge in [-0.2, -0.15) is 0 Å². The van der Waals surface area contributed by atoms with E-state index in [1.165, 1.54) is 0 Å². The highest BCUT2D eigenvalue weighted by Gasteiger charge is 2.07. The van der Waals surface area contributed by atoms with Crippen molar-refractivity contribution in [1.82, 2.24) is 20.0 Å². The van der Waals surface area contributed by atoms with E-state index in [2.05, 4.69) is 15.3 Å². The minimum Gasteiger partial charge on any atom is -0.248 e. The number of hydrogen-bond donors (Lipinski definition) is 0. The van der Waals surface area contributed by atoms with Crippen molar-refractivity contribution in [3.05, 3.63) is 28.5 Å². The first-order chi connectivity index (χ1) is 6.75. The third-order valence-corrected chi connectivity index (χ3v) is 2.73. The standard InChI is InChI=1S/C8H9ClN4S/c1-6(9)7-4-13(12-11-7)5-8-10-2-3-14-8/h2-4,6H,5H2,1H3. The van der Waals surface area contributed by atoms with Crippen LogP contribution >= 0.6 is 22.9 Å². The van der Waals surface area contributed by atoms with E-state index in [-0.39, 0.29) is 5.38 Å². The molecule has 1 unspecified atom stereocenters. The smallest absolute Gasteiger partial charge is 0.114 e. The fraction of sp³-hybridized carbons (Fsp3) is 0.375. The number of rotatable bonds is 3. The van der Waals surface area contributed by atoms with Crippen LogP contribution in [0, 0.1) is 0 Å². The lowest BCUT2D eigenvalue weighted by Crippen LogP contribution is -1.99. The summed E-state index contributed by atoms with van der Waals surface area (Å²) in [6, 6.07) is 0. The van der Waals surface area contributed by atoms with Gasteiger partial charge in [0, 0.05) is 11.6 Å². The summed E-state index contributed by atoms with van der Waals surface area (Å²) in [4.78, 5) is 4.16. The van der Waals surface area contributed by atoms with Gasteiger partial charge in [-0.3, -0.25) is 0 Å². The number of thiazole rings is 1. The molecule has 0 saturated carbocycles. The minimum absolute atomic E-state index is 0.0972. The van der Waals surface area contributed by atoms with E-state index in [0.29, 0.717) is 6.54 Å². The molecule has 0 bridgehead atoms. The maximum atomic E-state index is 5.87. The molecule has 0 saturated heterocycles. The third kappa shape index (κ3) is 2.10. The zero-order chi connectivity index (χ0) is 9.97. The van der Waals surface area contributed by atoms with Crippen molar-refractivity contribution in [3.63, 3.8) is 0 Å². The maximum Gasteiger partial charge on any atom is 0.114 e. The topological polar surface area (TPSA) is 43.6 Å². The molecule has 74 valence electrons. The second kappa shape index (κ2) is 4.06. The molecule has 0 spiro atoms. The van der Waals surface area contributed by atoms with Crippen LogP contribution in [-0.4, -0.2) is 20.0 Å². The quantitative estimate of drug-likeness (QED) is 0.756. The summed E-state index contributed by atoms with van der Waals surface area (Å²) in [6.45, 7) is 2.54. The molecule has 14 heavy (non-hydrogen) atoms. The van der Waals surface area contributed by atoms with Crippen molar-refractivity contribution in [3.8, 4) is 0 Å². The Morgan fingerprint density at radius 2 is 2.50 bits per heavy atom. The summed E-state index contributed by atoms with van der Waals surface area (Å²) in [5.41, 5.74) is 0.795. The molecule has 4 nitrogen and oxygen atoms in total. The van der Waals surface area contributed by atoms with Gasteiger partial charge in [0.25, 0.3) is 0 Å². The van der Waals surface area contributed by atoms with Gasteiger partial charge < -0.3 is 0 Å². The molecule has 0 amide bonds. The van der Waals surface area contributed by atoms with E-state index in [9.17, 15) is 0 Å². The van der Waals surface area contributed by atoms with Gasteiger partial charge in [0.2, 0.25) is 0 Å². The van der Waals surface area contributed by atoms with Crippen LogP contribution in [0.3, 0.4) is 0 Å². The van der Waals surface area contributed by atoms with Gasteiger partial charge in [-0.1, -0.05) is 5.21 Å². The molecule has 0 aliphatic carbocycles. The molecule has 0 N–H and O–H groups in total. The highest BCUT2D eigenvalue weighted by Crippen LogP contribution is 2.16. The molecule has 0 radical (unpaired) electrons. The van der Waals surface area contributed by atoms with E-state index in [4.69, 9.17) is 11.6 Å². The Labute approximate surface area is 90.5 Å². The molecule has 6 heteroatoms.